The number of carbonyl (C=O) groups excluding carboxylic acids is 1. The Labute approximate surface area is 172 Å². The van der Waals surface area contributed by atoms with E-state index in [4.69, 9.17) is 11.6 Å². The van der Waals surface area contributed by atoms with Gasteiger partial charge in [0, 0.05) is 7.05 Å². The van der Waals surface area contributed by atoms with Crippen LogP contribution >= 0.6 is 23.4 Å². The molecule has 0 aliphatic carbocycles. The molecule has 0 bridgehead atoms. The van der Waals surface area contributed by atoms with E-state index in [-0.39, 0.29) is 27.9 Å². The Hall–Kier alpha value is -2.59. The van der Waals surface area contributed by atoms with Crippen LogP contribution in [0.15, 0.2) is 47.6 Å². The Bertz CT molecular complexity index is 1050. The number of halogens is 5. The summed E-state index contributed by atoms with van der Waals surface area (Å²) in [6.07, 6.45) is -4.56. The second kappa shape index (κ2) is 8.42. The number of benzene rings is 2. The zero-order chi connectivity index (χ0) is 21.2. The lowest BCUT2D eigenvalue weighted by Gasteiger charge is -2.11. The molecule has 0 spiro atoms. The average molecular weight is 445 g/mol. The molecule has 1 amide bonds. The van der Waals surface area contributed by atoms with E-state index in [0.717, 1.165) is 30.0 Å². The van der Waals surface area contributed by atoms with Crippen molar-refractivity contribution in [1.29, 1.82) is 0 Å². The molecular weight excluding hydrogens is 432 g/mol. The molecule has 0 aliphatic rings. The smallest absolute Gasteiger partial charge is 0.324 e. The molecule has 0 radical (unpaired) electrons. The number of anilines is 1. The zero-order valence-electron chi connectivity index (χ0n) is 14.8. The first-order chi connectivity index (χ1) is 13.7. The van der Waals surface area contributed by atoms with Crippen molar-refractivity contribution in [2.45, 2.75) is 11.3 Å². The predicted molar refractivity (Wildman–Crippen MR) is 102 cm³/mol. The summed E-state index contributed by atoms with van der Waals surface area (Å²) in [5.74, 6) is -0.911. The van der Waals surface area contributed by atoms with Crippen LogP contribution in [0.4, 0.5) is 23.2 Å². The van der Waals surface area contributed by atoms with Crippen molar-refractivity contribution in [1.82, 2.24) is 14.8 Å². The fraction of sp³-hybridized carbons (Fsp3) is 0.167. The van der Waals surface area contributed by atoms with Crippen LogP contribution in [0.2, 0.25) is 5.02 Å². The number of aromatic nitrogens is 3. The number of hydrogen-bond donors (Lipinski definition) is 1. The van der Waals surface area contributed by atoms with Crippen LogP contribution in [-0.2, 0) is 18.0 Å². The molecule has 1 N–H and O–H groups in total. The minimum atomic E-state index is -4.56. The van der Waals surface area contributed by atoms with Gasteiger partial charge in [-0.05, 0) is 30.3 Å². The van der Waals surface area contributed by atoms with E-state index in [1.165, 1.54) is 10.6 Å². The van der Waals surface area contributed by atoms with Crippen molar-refractivity contribution in [3.8, 4) is 11.4 Å². The molecule has 0 unspecified atom stereocenters. The Morgan fingerprint density at radius 2 is 1.93 bits per heavy atom. The van der Waals surface area contributed by atoms with Crippen LogP contribution in [0.3, 0.4) is 0 Å². The molecule has 0 atom stereocenters. The fourth-order valence-electron chi connectivity index (χ4n) is 2.43. The largest absolute Gasteiger partial charge is 0.416 e. The van der Waals surface area contributed by atoms with Crippen molar-refractivity contribution in [3.05, 3.63) is 58.9 Å². The molecule has 3 rings (SSSR count). The molecule has 0 saturated carbocycles. The quantitative estimate of drug-likeness (QED) is 0.443. The number of alkyl halides is 3. The highest BCUT2D eigenvalue weighted by Gasteiger charge is 2.31. The minimum absolute atomic E-state index is 0.0168. The van der Waals surface area contributed by atoms with Crippen LogP contribution in [0.1, 0.15) is 5.56 Å². The van der Waals surface area contributed by atoms with Gasteiger partial charge < -0.3 is 9.88 Å². The van der Waals surface area contributed by atoms with Crippen molar-refractivity contribution < 1.29 is 22.4 Å². The van der Waals surface area contributed by atoms with E-state index >= 15 is 0 Å². The highest BCUT2D eigenvalue weighted by molar-refractivity contribution is 7.99. The third kappa shape index (κ3) is 4.88. The summed E-state index contributed by atoms with van der Waals surface area (Å²) in [7, 11) is 1.62. The maximum atomic E-state index is 13.9. The summed E-state index contributed by atoms with van der Waals surface area (Å²) < 4.78 is 53.9. The van der Waals surface area contributed by atoms with Gasteiger partial charge >= 0.3 is 6.18 Å². The second-order valence-electron chi connectivity index (χ2n) is 5.87. The predicted octanol–water partition coefficient (Wildman–Crippen LogP) is 5.02. The Morgan fingerprint density at radius 1 is 1.21 bits per heavy atom. The lowest BCUT2D eigenvalue weighted by atomic mass is 10.2. The topological polar surface area (TPSA) is 59.8 Å². The van der Waals surface area contributed by atoms with Gasteiger partial charge in [0.05, 0.1) is 27.6 Å². The molecule has 152 valence electrons. The molecule has 0 aliphatic heterocycles. The van der Waals surface area contributed by atoms with Gasteiger partial charge in [-0.1, -0.05) is 35.5 Å². The molecule has 29 heavy (non-hydrogen) atoms. The Kier molecular flexibility index (Phi) is 6.13. The van der Waals surface area contributed by atoms with Gasteiger partial charge in [0.15, 0.2) is 11.0 Å². The van der Waals surface area contributed by atoms with Crippen LogP contribution in [0.25, 0.3) is 11.4 Å². The van der Waals surface area contributed by atoms with E-state index in [1.54, 1.807) is 25.2 Å². The fourth-order valence-corrected chi connectivity index (χ4v) is 3.31. The SMILES string of the molecule is Cn1c(SCC(=O)Nc2cc(C(F)(F)F)ccc2Cl)nnc1-c1ccccc1F. The van der Waals surface area contributed by atoms with E-state index < -0.39 is 23.5 Å². The standard InChI is InChI=1S/C18H13ClF4N4OS/c1-27-16(11-4-2-3-5-13(11)20)25-26-17(27)29-9-15(28)24-14-8-10(18(21,22)23)6-7-12(14)19/h2-8H,9H2,1H3,(H,24,28). The van der Waals surface area contributed by atoms with Crippen LogP contribution in [0, 0.1) is 5.82 Å². The van der Waals surface area contributed by atoms with Gasteiger partial charge in [0.25, 0.3) is 0 Å². The first kappa shape index (κ1) is 21.1. The summed E-state index contributed by atoms with van der Waals surface area (Å²) in [5, 5.41) is 10.5. The Morgan fingerprint density at radius 3 is 2.62 bits per heavy atom. The number of thioether (sulfide) groups is 1. The highest BCUT2D eigenvalue weighted by Crippen LogP contribution is 2.34. The van der Waals surface area contributed by atoms with E-state index in [9.17, 15) is 22.4 Å². The van der Waals surface area contributed by atoms with Gasteiger partial charge in [0.1, 0.15) is 5.82 Å². The van der Waals surface area contributed by atoms with E-state index in [2.05, 4.69) is 15.5 Å². The lowest BCUT2D eigenvalue weighted by Crippen LogP contribution is -2.16. The number of nitrogens with one attached hydrogen (secondary N) is 1. The second-order valence-corrected chi connectivity index (χ2v) is 7.22. The molecule has 5 nitrogen and oxygen atoms in total. The normalized spacial score (nSPS) is 11.5. The maximum absolute atomic E-state index is 13.9. The van der Waals surface area contributed by atoms with Crippen molar-refractivity contribution in [2.24, 2.45) is 7.05 Å². The number of amides is 1. The molecular formula is C18H13ClF4N4OS. The van der Waals surface area contributed by atoms with Gasteiger partial charge in [-0.3, -0.25) is 4.79 Å². The number of nitrogens with zero attached hydrogens (tertiary/aromatic N) is 3. The summed E-state index contributed by atoms with van der Waals surface area (Å²) in [5.41, 5.74) is -0.806. The number of hydrogen-bond acceptors (Lipinski definition) is 4. The number of rotatable bonds is 5. The van der Waals surface area contributed by atoms with Gasteiger partial charge in [-0.2, -0.15) is 13.2 Å². The summed E-state index contributed by atoms with van der Waals surface area (Å²) >= 11 is 6.87. The maximum Gasteiger partial charge on any atom is 0.416 e. The first-order valence-corrected chi connectivity index (χ1v) is 9.47. The molecule has 1 heterocycles. The highest BCUT2D eigenvalue weighted by atomic mass is 35.5. The summed E-state index contributed by atoms with van der Waals surface area (Å²) in [4.78, 5) is 12.2. The third-order valence-electron chi connectivity index (χ3n) is 3.85. The van der Waals surface area contributed by atoms with Crippen LogP contribution < -0.4 is 5.32 Å². The van der Waals surface area contributed by atoms with Crippen LogP contribution in [-0.4, -0.2) is 26.4 Å². The van der Waals surface area contributed by atoms with Crippen molar-refractivity contribution in [3.63, 3.8) is 0 Å². The molecule has 1 aromatic heterocycles. The first-order valence-electron chi connectivity index (χ1n) is 8.10. The van der Waals surface area contributed by atoms with Crippen LogP contribution in [0.5, 0.6) is 0 Å². The van der Waals surface area contributed by atoms with Gasteiger partial charge in [-0.25, -0.2) is 4.39 Å². The molecule has 2 aromatic carbocycles. The van der Waals surface area contributed by atoms with Crippen molar-refractivity contribution >= 4 is 35.0 Å². The van der Waals surface area contributed by atoms with Gasteiger partial charge in [-0.15, -0.1) is 10.2 Å². The molecule has 3 aromatic rings. The van der Waals surface area contributed by atoms with Gasteiger partial charge in [0.2, 0.25) is 5.91 Å². The van der Waals surface area contributed by atoms with E-state index in [1.807, 2.05) is 0 Å². The zero-order valence-corrected chi connectivity index (χ0v) is 16.4. The average Bonchev–Trinajstić information content (AvgIpc) is 3.02. The lowest BCUT2D eigenvalue weighted by molar-refractivity contribution is -0.137. The minimum Gasteiger partial charge on any atom is -0.324 e. The van der Waals surface area contributed by atoms with E-state index in [0.29, 0.717) is 5.16 Å². The third-order valence-corrected chi connectivity index (χ3v) is 5.20. The number of carbonyl (C=O) groups is 1. The monoisotopic (exact) mass is 444 g/mol. The summed E-state index contributed by atoms with van der Waals surface area (Å²) in [6, 6.07) is 8.72. The Balaban J connectivity index is 1.69. The van der Waals surface area contributed by atoms with Crippen molar-refractivity contribution in [2.75, 3.05) is 11.1 Å². The molecule has 11 heteroatoms. The summed E-state index contributed by atoms with van der Waals surface area (Å²) in [6.45, 7) is 0. The molecule has 0 saturated heterocycles. The molecule has 0 fully saturated rings.